The average molecular weight is 286 g/mol. The largest absolute Gasteiger partial charge is 0.504 e. The van der Waals surface area contributed by atoms with Crippen molar-refractivity contribution in [2.45, 2.75) is 13.1 Å². The molecule has 2 rings (SSSR count). The van der Waals surface area contributed by atoms with Crippen LogP contribution in [0.15, 0.2) is 42.5 Å². The van der Waals surface area contributed by atoms with Gasteiger partial charge in [-0.2, -0.15) is 0 Å². The molecule has 0 saturated carbocycles. The summed E-state index contributed by atoms with van der Waals surface area (Å²) in [6.07, 6.45) is 0. The molecule has 0 spiro atoms. The minimum absolute atomic E-state index is 0.204. The Morgan fingerprint density at radius 1 is 1.05 bits per heavy atom. The summed E-state index contributed by atoms with van der Waals surface area (Å²) in [6.45, 7) is 1.35. The Labute approximate surface area is 126 Å². The molecule has 0 bridgehead atoms. The second kappa shape index (κ2) is 6.99. The number of phenols is 1. The summed E-state index contributed by atoms with van der Waals surface area (Å²) in [6, 6.07) is 13.9. The van der Waals surface area contributed by atoms with Crippen LogP contribution in [0.5, 0.6) is 11.5 Å². The number of hydrogen-bond acceptors (Lipinski definition) is 4. The lowest BCUT2D eigenvalue weighted by atomic mass is 10.1. The zero-order chi connectivity index (χ0) is 15.2. The van der Waals surface area contributed by atoms with Crippen molar-refractivity contribution in [1.29, 1.82) is 0 Å². The van der Waals surface area contributed by atoms with E-state index in [1.54, 1.807) is 13.2 Å². The summed E-state index contributed by atoms with van der Waals surface area (Å²) in [7, 11) is 5.61. The zero-order valence-corrected chi connectivity index (χ0v) is 12.8. The lowest BCUT2D eigenvalue weighted by Crippen LogP contribution is -2.13. The van der Waals surface area contributed by atoms with Gasteiger partial charge in [0.1, 0.15) is 0 Å². The van der Waals surface area contributed by atoms with Gasteiger partial charge in [-0.15, -0.1) is 0 Å². The lowest BCUT2D eigenvalue weighted by Gasteiger charge is -2.13. The van der Waals surface area contributed by atoms with Crippen LogP contribution in [0.2, 0.25) is 0 Å². The van der Waals surface area contributed by atoms with Crippen LogP contribution in [0.1, 0.15) is 11.1 Å². The summed E-state index contributed by atoms with van der Waals surface area (Å²) in [5.41, 5.74) is 3.23. The van der Waals surface area contributed by atoms with Crippen molar-refractivity contribution in [3.05, 3.63) is 53.6 Å². The molecule has 0 radical (unpaired) electrons. The third-order valence-corrected chi connectivity index (χ3v) is 3.40. The summed E-state index contributed by atoms with van der Waals surface area (Å²) in [5.74, 6) is 0.708. The average Bonchev–Trinajstić information content (AvgIpc) is 2.49. The van der Waals surface area contributed by atoms with E-state index in [1.165, 1.54) is 11.3 Å². The predicted molar refractivity (Wildman–Crippen MR) is 86.0 cm³/mol. The van der Waals surface area contributed by atoms with E-state index in [-0.39, 0.29) is 5.75 Å². The molecule has 0 aliphatic carbocycles. The van der Waals surface area contributed by atoms with Gasteiger partial charge in [-0.05, 0) is 23.8 Å². The van der Waals surface area contributed by atoms with Crippen LogP contribution in [0.3, 0.4) is 0 Å². The Morgan fingerprint density at radius 3 is 2.38 bits per heavy atom. The molecule has 0 aliphatic rings. The number of para-hydroxylation sites is 1. The first-order chi connectivity index (χ1) is 10.1. The number of benzene rings is 2. The van der Waals surface area contributed by atoms with E-state index < -0.39 is 0 Å². The topological polar surface area (TPSA) is 44.7 Å². The molecule has 112 valence electrons. The molecule has 0 atom stereocenters. The SMILES string of the molecule is COc1cccc(CNCc2ccc(N(C)C)cc2)c1O. The molecule has 2 aromatic rings. The molecule has 0 fully saturated rings. The number of nitrogens with zero attached hydrogens (tertiary/aromatic N) is 1. The van der Waals surface area contributed by atoms with Gasteiger partial charge in [0.15, 0.2) is 11.5 Å². The number of phenolic OH excluding ortho intramolecular Hbond substituents is 1. The minimum atomic E-state index is 0.204. The van der Waals surface area contributed by atoms with Gasteiger partial charge in [-0.3, -0.25) is 0 Å². The smallest absolute Gasteiger partial charge is 0.162 e. The maximum atomic E-state index is 10.0. The van der Waals surface area contributed by atoms with Crippen LogP contribution in [0.4, 0.5) is 5.69 Å². The fraction of sp³-hybridized carbons (Fsp3) is 0.294. The van der Waals surface area contributed by atoms with Crippen molar-refractivity contribution >= 4 is 5.69 Å². The van der Waals surface area contributed by atoms with Gasteiger partial charge in [0.05, 0.1) is 7.11 Å². The van der Waals surface area contributed by atoms with Crippen LogP contribution in [-0.4, -0.2) is 26.3 Å². The Bertz CT molecular complexity index is 580. The quantitative estimate of drug-likeness (QED) is 0.857. The molecule has 0 aliphatic heterocycles. The molecule has 2 aromatic carbocycles. The van der Waals surface area contributed by atoms with E-state index in [1.807, 2.05) is 26.2 Å². The Kier molecular flexibility index (Phi) is 5.06. The molecule has 21 heavy (non-hydrogen) atoms. The molecule has 0 heterocycles. The van der Waals surface area contributed by atoms with Gasteiger partial charge in [-0.1, -0.05) is 24.3 Å². The summed E-state index contributed by atoms with van der Waals surface area (Å²) < 4.78 is 5.10. The zero-order valence-electron chi connectivity index (χ0n) is 12.8. The van der Waals surface area contributed by atoms with Crippen molar-refractivity contribution in [2.75, 3.05) is 26.1 Å². The Morgan fingerprint density at radius 2 is 1.76 bits per heavy atom. The molecular weight excluding hydrogens is 264 g/mol. The fourth-order valence-corrected chi connectivity index (χ4v) is 2.13. The predicted octanol–water partition coefficient (Wildman–Crippen LogP) is 2.76. The van der Waals surface area contributed by atoms with Crippen LogP contribution in [0.25, 0.3) is 0 Å². The number of nitrogens with one attached hydrogen (secondary N) is 1. The first-order valence-electron chi connectivity index (χ1n) is 6.93. The molecule has 2 N–H and O–H groups in total. The minimum Gasteiger partial charge on any atom is -0.504 e. The lowest BCUT2D eigenvalue weighted by molar-refractivity contribution is 0.369. The Balaban J connectivity index is 1.92. The maximum Gasteiger partial charge on any atom is 0.162 e. The highest BCUT2D eigenvalue weighted by Crippen LogP contribution is 2.29. The standard InChI is InChI=1S/C17H22N2O2/c1-19(2)15-9-7-13(8-10-15)11-18-12-14-5-4-6-16(21-3)17(14)20/h4-10,18,20H,11-12H2,1-3H3. The van der Waals surface area contributed by atoms with Gasteiger partial charge in [-0.25, -0.2) is 0 Å². The van der Waals surface area contributed by atoms with Crippen molar-refractivity contribution in [2.24, 2.45) is 0 Å². The maximum absolute atomic E-state index is 10.0. The molecule has 4 nitrogen and oxygen atoms in total. The molecule has 0 unspecified atom stereocenters. The summed E-state index contributed by atoms with van der Waals surface area (Å²) in [5, 5.41) is 13.3. The van der Waals surface area contributed by atoms with Crippen LogP contribution in [-0.2, 0) is 13.1 Å². The van der Waals surface area contributed by atoms with Crippen molar-refractivity contribution in [3.63, 3.8) is 0 Å². The highest BCUT2D eigenvalue weighted by molar-refractivity contribution is 5.46. The van der Waals surface area contributed by atoms with Crippen molar-refractivity contribution in [1.82, 2.24) is 5.32 Å². The number of hydrogen-bond donors (Lipinski definition) is 2. The van der Waals surface area contributed by atoms with E-state index in [0.29, 0.717) is 12.3 Å². The second-order valence-electron chi connectivity index (χ2n) is 5.13. The van der Waals surface area contributed by atoms with Crippen LogP contribution in [0, 0.1) is 0 Å². The highest BCUT2D eigenvalue weighted by atomic mass is 16.5. The highest BCUT2D eigenvalue weighted by Gasteiger charge is 2.06. The first kappa shape index (κ1) is 15.2. The van der Waals surface area contributed by atoms with E-state index >= 15 is 0 Å². The number of methoxy groups -OCH3 is 1. The Hall–Kier alpha value is -2.20. The van der Waals surface area contributed by atoms with E-state index in [0.717, 1.165) is 12.1 Å². The molecule has 0 amide bonds. The van der Waals surface area contributed by atoms with Gasteiger partial charge in [0.2, 0.25) is 0 Å². The van der Waals surface area contributed by atoms with Gasteiger partial charge in [0, 0.05) is 38.4 Å². The number of ether oxygens (including phenoxy) is 1. The van der Waals surface area contributed by atoms with Crippen molar-refractivity contribution in [3.8, 4) is 11.5 Å². The number of anilines is 1. The van der Waals surface area contributed by atoms with E-state index in [2.05, 4.69) is 34.5 Å². The normalized spacial score (nSPS) is 10.4. The molecular formula is C17H22N2O2. The summed E-state index contributed by atoms with van der Waals surface area (Å²) >= 11 is 0. The molecule has 0 aromatic heterocycles. The first-order valence-corrected chi connectivity index (χ1v) is 6.93. The molecule has 0 saturated heterocycles. The number of aromatic hydroxyl groups is 1. The number of rotatable bonds is 6. The van der Waals surface area contributed by atoms with Gasteiger partial charge in [0.25, 0.3) is 0 Å². The van der Waals surface area contributed by atoms with Crippen LogP contribution >= 0.6 is 0 Å². The summed E-state index contributed by atoms with van der Waals surface area (Å²) in [4.78, 5) is 2.07. The third kappa shape index (κ3) is 3.89. The van der Waals surface area contributed by atoms with E-state index in [4.69, 9.17) is 4.74 Å². The monoisotopic (exact) mass is 286 g/mol. The van der Waals surface area contributed by atoms with Crippen LogP contribution < -0.4 is 15.0 Å². The van der Waals surface area contributed by atoms with Gasteiger partial charge < -0.3 is 20.1 Å². The van der Waals surface area contributed by atoms with Gasteiger partial charge >= 0.3 is 0 Å². The second-order valence-corrected chi connectivity index (χ2v) is 5.13. The van der Waals surface area contributed by atoms with E-state index in [9.17, 15) is 5.11 Å². The third-order valence-electron chi connectivity index (χ3n) is 3.40. The molecule has 4 heteroatoms. The fourth-order valence-electron chi connectivity index (χ4n) is 2.13. The van der Waals surface area contributed by atoms with Crippen molar-refractivity contribution < 1.29 is 9.84 Å².